The molecule has 114 valence electrons. The van der Waals surface area contributed by atoms with Crippen molar-refractivity contribution < 1.29 is 14.2 Å². The Balaban J connectivity index is 0.00000220. The highest BCUT2D eigenvalue weighted by Crippen LogP contribution is 2.33. The maximum atomic E-state index is 5.53. The van der Waals surface area contributed by atoms with Crippen LogP contribution in [-0.4, -0.2) is 27.4 Å². The zero-order valence-corrected chi connectivity index (χ0v) is 13.0. The number of nitrogens with two attached hydrogens (primary N) is 1. The van der Waals surface area contributed by atoms with Gasteiger partial charge in [-0.25, -0.2) is 0 Å². The molecule has 2 aromatic rings. The van der Waals surface area contributed by atoms with Crippen molar-refractivity contribution in [3.05, 3.63) is 42.5 Å². The van der Waals surface area contributed by atoms with Crippen molar-refractivity contribution in [1.82, 2.24) is 0 Å². The Morgan fingerprint density at radius 1 is 0.857 bits per heavy atom. The van der Waals surface area contributed by atoms with E-state index in [0.29, 0.717) is 24.7 Å². The van der Waals surface area contributed by atoms with Gasteiger partial charge in [-0.2, -0.15) is 0 Å². The fourth-order valence-corrected chi connectivity index (χ4v) is 1.92. The molecule has 0 bridgehead atoms. The molecule has 0 unspecified atom stereocenters. The predicted octanol–water partition coefficient (Wildman–Crippen LogP) is 3.13. The smallest absolute Gasteiger partial charge is 0.161 e. The van der Waals surface area contributed by atoms with E-state index >= 15 is 0 Å². The third-order valence-corrected chi connectivity index (χ3v) is 2.96. The summed E-state index contributed by atoms with van der Waals surface area (Å²) < 4.78 is 16.1. The lowest BCUT2D eigenvalue weighted by molar-refractivity contribution is 0.302. The number of hydrogen-bond donors (Lipinski definition) is 1. The van der Waals surface area contributed by atoms with E-state index in [9.17, 15) is 0 Å². The molecular weight excluding hydrogens is 290 g/mol. The normalized spacial score (nSPS) is 9.67. The predicted molar refractivity (Wildman–Crippen MR) is 86.8 cm³/mol. The van der Waals surface area contributed by atoms with Gasteiger partial charge in [0.25, 0.3) is 0 Å². The second-order valence-electron chi connectivity index (χ2n) is 4.23. The number of methoxy groups -OCH3 is 2. The zero-order valence-electron chi connectivity index (χ0n) is 12.2. The molecular formula is C16H20ClNO3. The molecule has 0 spiro atoms. The first-order valence-electron chi connectivity index (χ1n) is 6.44. The molecule has 5 heteroatoms. The number of halogens is 1. The van der Waals surface area contributed by atoms with Crippen molar-refractivity contribution >= 4 is 12.4 Å². The molecule has 0 aliphatic rings. The molecule has 0 aliphatic carbocycles. The molecule has 0 heterocycles. The molecule has 0 aliphatic heterocycles. The molecule has 0 fully saturated rings. The molecule has 21 heavy (non-hydrogen) atoms. The lowest BCUT2D eigenvalue weighted by Gasteiger charge is -2.12. The average Bonchev–Trinajstić information content (AvgIpc) is 2.52. The highest BCUT2D eigenvalue weighted by atomic mass is 35.5. The maximum Gasteiger partial charge on any atom is 0.161 e. The van der Waals surface area contributed by atoms with Gasteiger partial charge < -0.3 is 19.9 Å². The van der Waals surface area contributed by atoms with E-state index in [1.807, 2.05) is 42.5 Å². The van der Waals surface area contributed by atoms with Gasteiger partial charge >= 0.3 is 0 Å². The van der Waals surface area contributed by atoms with E-state index in [1.165, 1.54) is 0 Å². The minimum Gasteiger partial charge on any atom is -0.497 e. The van der Waals surface area contributed by atoms with Gasteiger partial charge in [-0.1, -0.05) is 18.2 Å². The highest BCUT2D eigenvalue weighted by Gasteiger charge is 2.07. The summed E-state index contributed by atoms with van der Waals surface area (Å²) in [5.74, 6) is 2.24. The molecule has 0 amide bonds. The van der Waals surface area contributed by atoms with Gasteiger partial charge in [0.2, 0.25) is 0 Å². The first-order valence-corrected chi connectivity index (χ1v) is 6.44. The summed E-state index contributed by atoms with van der Waals surface area (Å²) in [6.45, 7) is 0.946. The summed E-state index contributed by atoms with van der Waals surface area (Å²) >= 11 is 0. The monoisotopic (exact) mass is 309 g/mol. The topological polar surface area (TPSA) is 53.7 Å². The fraction of sp³-hybridized carbons (Fsp3) is 0.250. The first kappa shape index (κ1) is 17.1. The molecule has 0 atom stereocenters. The third-order valence-electron chi connectivity index (χ3n) is 2.96. The maximum absolute atomic E-state index is 5.53. The zero-order chi connectivity index (χ0) is 14.4. The molecule has 2 rings (SSSR count). The molecule has 0 aromatic heterocycles. The Morgan fingerprint density at radius 3 is 2.10 bits per heavy atom. The van der Waals surface area contributed by atoms with Crippen LogP contribution in [0.15, 0.2) is 42.5 Å². The van der Waals surface area contributed by atoms with Crippen molar-refractivity contribution in [2.75, 3.05) is 27.4 Å². The van der Waals surface area contributed by atoms with Gasteiger partial charge in [0, 0.05) is 6.54 Å². The van der Waals surface area contributed by atoms with Crippen LogP contribution >= 0.6 is 12.4 Å². The minimum absolute atomic E-state index is 0. The minimum atomic E-state index is 0. The number of benzene rings is 2. The lowest BCUT2D eigenvalue weighted by Crippen LogP contribution is -2.11. The van der Waals surface area contributed by atoms with Crippen LogP contribution in [-0.2, 0) is 0 Å². The van der Waals surface area contributed by atoms with Crippen LogP contribution in [0, 0.1) is 0 Å². The van der Waals surface area contributed by atoms with Crippen LogP contribution in [0.4, 0.5) is 0 Å². The van der Waals surface area contributed by atoms with E-state index in [0.717, 1.165) is 16.9 Å². The van der Waals surface area contributed by atoms with Crippen LogP contribution < -0.4 is 19.9 Å². The summed E-state index contributed by atoms with van der Waals surface area (Å²) in [7, 11) is 3.28. The standard InChI is InChI=1S/C16H19NO3.ClH/c1-18-14-6-3-12(4-7-14)13-5-8-15(20-10-9-17)16(11-13)19-2;/h3-8,11H,9-10,17H2,1-2H3;1H. The Labute approximate surface area is 131 Å². The van der Waals surface area contributed by atoms with Crippen LogP contribution in [0.1, 0.15) is 0 Å². The van der Waals surface area contributed by atoms with Gasteiger partial charge in [0.1, 0.15) is 12.4 Å². The molecule has 0 saturated heterocycles. The van der Waals surface area contributed by atoms with Crippen LogP contribution in [0.3, 0.4) is 0 Å². The molecule has 0 radical (unpaired) electrons. The van der Waals surface area contributed by atoms with Crippen LogP contribution in [0.5, 0.6) is 17.2 Å². The van der Waals surface area contributed by atoms with Crippen molar-refractivity contribution in [2.45, 2.75) is 0 Å². The van der Waals surface area contributed by atoms with Gasteiger partial charge in [-0.15, -0.1) is 12.4 Å². The summed E-state index contributed by atoms with van der Waals surface area (Å²) in [5, 5.41) is 0. The summed E-state index contributed by atoms with van der Waals surface area (Å²) in [5.41, 5.74) is 7.59. The van der Waals surface area contributed by atoms with E-state index in [2.05, 4.69) is 0 Å². The van der Waals surface area contributed by atoms with Crippen LogP contribution in [0.2, 0.25) is 0 Å². The molecule has 2 aromatic carbocycles. The number of ether oxygens (including phenoxy) is 3. The van der Waals surface area contributed by atoms with Crippen molar-refractivity contribution in [3.63, 3.8) is 0 Å². The lowest BCUT2D eigenvalue weighted by atomic mass is 10.1. The van der Waals surface area contributed by atoms with Gasteiger partial charge in [0.05, 0.1) is 14.2 Å². The highest BCUT2D eigenvalue weighted by molar-refractivity contribution is 5.85. The second-order valence-corrected chi connectivity index (χ2v) is 4.23. The third kappa shape index (κ3) is 4.28. The van der Waals surface area contributed by atoms with Gasteiger partial charge in [-0.3, -0.25) is 0 Å². The van der Waals surface area contributed by atoms with E-state index in [4.69, 9.17) is 19.9 Å². The Hall–Kier alpha value is -1.91. The summed E-state index contributed by atoms with van der Waals surface area (Å²) in [6.07, 6.45) is 0. The fourth-order valence-electron chi connectivity index (χ4n) is 1.92. The molecule has 4 nitrogen and oxygen atoms in total. The SMILES string of the molecule is COc1ccc(-c2ccc(OCCN)c(OC)c2)cc1.Cl. The van der Waals surface area contributed by atoms with Crippen LogP contribution in [0.25, 0.3) is 11.1 Å². The van der Waals surface area contributed by atoms with Crippen molar-refractivity contribution in [1.29, 1.82) is 0 Å². The number of rotatable bonds is 6. The summed E-state index contributed by atoms with van der Waals surface area (Å²) in [4.78, 5) is 0. The Bertz CT molecular complexity index is 558. The Kier molecular flexibility index (Phi) is 6.85. The van der Waals surface area contributed by atoms with Crippen molar-refractivity contribution in [2.24, 2.45) is 5.73 Å². The molecule has 2 N–H and O–H groups in total. The van der Waals surface area contributed by atoms with Crippen molar-refractivity contribution in [3.8, 4) is 28.4 Å². The molecule has 0 saturated carbocycles. The van der Waals surface area contributed by atoms with Gasteiger partial charge in [0.15, 0.2) is 11.5 Å². The first-order chi connectivity index (χ1) is 9.78. The quantitative estimate of drug-likeness (QED) is 0.890. The summed E-state index contributed by atoms with van der Waals surface area (Å²) in [6, 6.07) is 13.7. The van der Waals surface area contributed by atoms with Gasteiger partial charge in [-0.05, 0) is 35.4 Å². The van der Waals surface area contributed by atoms with E-state index in [1.54, 1.807) is 14.2 Å². The largest absolute Gasteiger partial charge is 0.497 e. The second kappa shape index (κ2) is 8.39. The van der Waals surface area contributed by atoms with E-state index < -0.39 is 0 Å². The Morgan fingerprint density at radius 2 is 1.52 bits per heavy atom. The number of hydrogen-bond acceptors (Lipinski definition) is 4. The average molecular weight is 310 g/mol. The van der Waals surface area contributed by atoms with E-state index in [-0.39, 0.29) is 12.4 Å².